The van der Waals surface area contributed by atoms with Gasteiger partial charge in [-0.2, -0.15) is 0 Å². The zero-order chi connectivity index (χ0) is 14.4. The van der Waals surface area contributed by atoms with E-state index >= 15 is 0 Å². The highest BCUT2D eigenvalue weighted by Crippen LogP contribution is 2.12. The zero-order valence-corrected chi connectivity index (χ0v) is 12.3. The highest BCUT2D eigenvalue weighted by molar-refractivity contribution is 9.10. The van der Waals surface area contributed by atoms with Gasteiger partial charge in [0.15, 0.2) is 0 Å². The number of ether oxygens (including phenoxy) is 1. The number of hydrogen-bond acceptors (Lipinski definition) is 4. The molecular formula is C13H14BrN3O3. The summed E-state index contributed by atoms with van der Waals surface area (Å²) in [7, 11) is 0. The fraction of sp³-hybridized carbons (Fsp3) is 0.308. The average molecular weight is 340 g/mol. The third kappa shape index (κ3) is 4.43. The van der Waals surface area contributed by atoms with Gasteiger partial charge in [0.25, 0.3) is 0 Å². The van der Waals surface area contributed by atoms with Gasteiger partial charge in [-0.1, -0.05) is 15.9 Å². The first-order chi connectivity index (χ1) is 9.65. The fourth-order valence-electron chi connectivity index (χ4n) is 1.68. The Bertz CT molecular complexity index is 527. The minimum absolute atomic E-state index is 0.189. The van der Waals surface area contributed by atoms with Crippen molar-refractivity contribution in [1.82, 2.24) is 9.88 Å². The van der Waals surface area contributed by atoms with Crippen LogP contribution in [0, 0.1) is 0 Å². The molecule has 0 radical (unpaired) electrons. The first kappa shape index (κ1) is 14.7. The standard InChI is InChI=1S/C13H14BrN3O3/c14-10-3-4-15-11(9-10)16-12(18)1-2-13(19)17-5-7-20-8-6-17/h1-4,9H,5-8H2,(H,15,16,18)/b2-1-. The summed E-state index contributed by atoms with van der Waals surface area (Å²) in [5, 5.41) is 2.58. The van der Waals surface area contributed by atoms with Gasteiger partial charge in [-0.15, -0.1) is 0 Å². The molecule has 0 spiro atoms. The molecule has 1 fully saturated rings. The lowest BCUT2D eigenvalue weighted by molar-refractivity contribution is -0.130. The van der Waals surface area contributed by atoms with Gasteiger partial charge in [0.05, 0.1) is 13.2 Å². The smallest absolute Gasteiger partial charge is 0.249 e. The van der Waals surface area contributed by atoms with Crippen LogP contribution in [0.2, 0.25) is 0 Å². The van der Waals surface area contributed by atoms with Crippen LogP contribution in [0.5, 0.6) is 0 Å². The van der Waals surface area contributed by atoms with Crippen LogP contribution >= 0.6 is 15.9 Å². The molecule has 1 aromatic heterocycles. The third-order valence-electron chi connectivity index (χ3n) is 2.67. The normalized spacial score (nSPS) is 15.3. The van der Waals surface area contributed by atoms with Gasteiger partial charge in [0.1, 0.15) is 5.82 Å². The van der Waals surface area contributed by atoms with Crippen LogP contribution in [0.4, 0.5) is 5.82 Å². The summed E-state index contributed by atoms with van der Waals surface area (Å²) in [5.74, 6) is -0.157. The maximum absolute atomic E-state index is 11.8. The summed E-state index contributed by atoms with van der Waals surface area (Å²) in [6.45, 7) is 2.18. The van der Waals surface area contributed by atoms with Crippen molar-refractivity contribution in [2.75, 3.05) is 31.6 Å². The van der Waals surface area contributed by atoms with Crippen molar-refractivity contribution >= 4 is 33.6 Å². The molecule has 20 heavy (non-hydrogen) atoms. The molecule has 6 nitrogen and oxygen atoms in total. The number of carbonyl (C=O) groups excluding carboxylic acids is 2. The lowest BCUT2D eigenvalue weighted by Gasteiger charge is -2.25. The number of anilines is 1. The van der Waals surface area contributed by atoms with Crippen LogP contribution in [0.3, 0.4) is 0 Å². The molecule has 0 saturated carbocycles. The van der Waals surface area contributed by atoms with Gasteiger partial charge in [0.2, 0.25) is 11.8 Å². The molecule has 2 heterocycles. The number of hydrogen-bond donors (Lipinski definition) is 1. The number of amides is 2. The molecule has 2 rings (SSSR count). The van der Waals surface area contributed by atoms with Crippen LogP contribution in [0.25, 0.3) is 0 Å². The summed E-state index contributed by atoms with van der Waals surface area (Å²) in [6, 6.07) is 3.43. The number of carbonyl (C=O) groups is 2. The molecule has 2 amide bonds. The van der Waals surface area contributed by atoms with Crippen LogP contribution in [0.15, 0.2) is 35.0 Å². The Labute approximate surface area is 124 Å². The second kappa shape index (κ2) is 7.16. The Balaban J connectivity index is 1.87. The number of morpholine rings is 1. The molecule has 1 aliphatic rings. The maximum atomic E-state index is 11.8. The lowest BCUT2D eigenvalue weighted by atomic mass is 10.3. The molecule has 0 aliphatic carbocycles. The number of aromatic nitrogens is 1. The largest absolute Gasteiger partial charge is 0.378 e. The van der Waals surface area contributed by atoms with Crippen molar-refractivity contribution in [3.05, 3.63) is 35.0 Å². The molecule has 106 valence electrons. The first-order valence-corrected chi connectivity index (χ1v) is 6.92. The molecule has 0 aromatic carbocycles. The minimum atomic E-state index is -0.391. The van der Waals surface area contributed by atoms with E-state index in [0.29, 0.717) is 32.1 Å². The number of nitrogens with one attached hydrogen (secondary N) is 1. The molecule has 0 unspecified atom stereocenters. The molecule has 1 saturated heterocycles. The fourth-order valence-corrected chi connectivity index (χ4v) is 2.01. The molecule has 1 aromatic rings. The number of pyridine rings is 1. The van der Waals surface area contributed by atoms with E-state index in [1.807, 2.05) is 0 Å². The summed E-state index contributed by atoms with van der Waals surface area (Å²) in [4.78, 5) is 29.1. The van der Waals surface area contributed by atoms with Gasteiger partial charge < -0.3 is 15.0 Å². The number of rotatable bonds is 3. The van der Waals surface area contributed by atoms with E-state index in [2.05, 4.69) is 26.2 Å². The quantitative estimate of drug-likeness (QED) is 0.840. The van der Waals surface area contributed by atoms with Crippen molar-refractivity contribution in [3.8, 4) is 0 Å². The Morgan fingerprint density at radius 2 is 2.10 bits per heavy atom. The number of halogens is 1. The van der Waals surface area contributed by atoms with E-state index in [1.54, 1.807) is 23.2 Å². The maximum Gasteiger partial charge on any atom is 0.249 e. The number of nitrogens with zero attached hydrogens (tertiary/aromatic N) is 2. The highest BCUT2D eigenvalue weighted by atomic mass is 79.9. The SMILES string of the molecule is O=C(/C=C\C(=O)N1CCOCC1)Nc1cc(Br)ccn1. The van der Waals surface area contributed by atoms with Crippen molar-refractivity contribution in [3.63, 3.8) is 0 Å². The van der Waals surface area contributed by atoms with Crippen LogP contribution < -0.4 is 5.32 Å². The van der Waals surface area contributed by atoms with Crippen LogP contribution in [0.1, 0.15) is 0 Å². The van der Waals surface area contributed by atoms with Crippen LogP contribution in [-0.4, -0.2) is 48.0 Å². The second-order valence-corrected chi connectivity index (χ2v) is 5.04. The predicted octanol–water partition coefficient (Wildman–Crippen LogP) is 1.20. The van der Waals surface area contributed by atoms with Crippen molar-refractivity contribution < 1.29 is 14.3 Å². The van der Waals surface area contributed by atoms with Gasteiger partial charge in [-0.3, -0.25) is 9.59 Å². The van der Waals surface area contributed by atoms with Crippen molar-refractivity contribution in [1.29, 1.82) is 0 Å². The summed E-state index contributed by atoms with van der Waals surface area (Å²) >= 11 is 3.28. The molecule has 0 atom stereocenters. The second-order valence-electron chi connectivity index (χ2n) is 4.12. The molecule has 1 aliphatic heterocycles. The summed E-state index contributed by atoms with van der Waals surface area (Å²) in [5.41, 5.74) is 0. The monoisotopic (exact) mass is 339 g/mol. The highest BCUT2D eigenvalue weighted by Gasteiger charge is 2.14. The van der Waals surface area contributed by atoms with Crippen molar-refractivity contribution in [2.45, 2.75) is 0 Å². The van der Waals surface area contributed by atoms with E-state index in [4.69, 9.17) is 4.74 Å². The topological polar surface area (TPSA) is 71.5 Å². The molecular weight excluding hydrogens is 326 g/mol. The first-order valence-electron chi connectivity index (χ1n) is 6.12. The van der Waals surface area contributed by atoms with E-state index < -0.39 is 5.91 Å². The van der Waals surface area contributed by atoms with Gasteiger partial charge in [0, 0.05) is 35.9 Å². The zero-order valence-electron chi connectivity index (χ0n) is 10.7. The molecule has 1 N–H and O–H groups in total. The lowest BCUT2D eigenvalue weighted by Crippen LogP contribution is -2.39. The van der Waals surface area contributed by atoms with Gasteiger partial charge in [-0.05, 0) is 12.1 Å². The minimum Gasteiger partial charge on any atom is -0.378 e. The predicted molar refractivity (Wildman–Crippen MR) is 77.1 cm³/mol. The van der Waals surface area contributed by atoms with E-state index in [-0.39, 0.29) is 5.91 Å². The third-order valence-corrected chi connectivity index (χ3v) is 3.17. The molecule has 0 bridgehead atoms. The molecule has 7 heteroatoms. The van der Waals surface area contributed by atoms with Crippen LogP contribution in [-0.2, 0) is 14.3 Å². The van der Waals surface area contributed by atoms with E-state index in [0.717, 1.165) is 4.47 Å². The van der Waals surface area contributed by atoms with E-state index in [1.165, 1.54) is 12.2 Å². The van der Waals surface area contributed by atoms with Gasteiger partial charge in [-0.25, -0.2) is 4.98 Å². The Hall–Kier alpha value is -1.73. The summed E-state index contributed by atoms with van der Waals surface area (Å²) < 4.78 is 5.97. The van der Waals surface area contributed by atoms with E-state index in [9.17, 15) is 9.59 Å². The van der Waals surface area contributed by atoms with Crippen molar-refractivity contribution in [2.24, 2.45) is 0 Å². The Morgan fingerprint density at radius 3 is 2.80 bits per heavy atom. The van der Waals surface area contributed by atoms with Gasteiger partial charge >= 0.3 is 0 Å². The average Bonchev–Trinajstić information content (AvgIpc) is 2.46. The Morgan fingerprint density at radius 1 is 1.35 bits per heavy atom. The summed E-state index contributed by atoms with van der Waals surface area (Å²) in [6.07, 6.45) is 4.04. The Kier molecular flexibility index (Phi) is 5.25.